The summed E-state index contributed by atoms with van der Waals surface area (Å²) in [6.45, 7) is 1.88. The quantitative estimate of drug-likeness (QED) is 0.742. The molecule has 0 spiro atoms. The highest BCUT2D eigenvalue weighted by atomic mass is 32.2. The summed E-state index contributed by atoms with van der Waals surface area (Å²) in [5.74, 6) is 1.64. The van der Waals surface area contributed by atoms with E-state index in [2.05, 4.69) is 19.6 Å². The third-order valence-electron chi connectivity index (χ3n) is 2.55. The van der Waals surface area contributed by atoms with Crippen molar-refractivity contribution in [2.45, 2.75) is 16.4 Å². The second-order valence-corrected chi connectivity index (χ2v) is 5.91. The van der Waals surface area contributed by atoms with Gasteiger partial charge in [-0.15, -0.1) is 10.2 Å². The summed E-state index contributed by atoms with van der Waals surface area (Å²) in [4.78, 5) is 4.32. The Labute approximate surface area is 118 Å². The molecule has 0 saturated carbocycles. The number of rotatable bonds is 3. The lowest BCUT2D eigenvalue weighted by atomic mass is 10.2. The van der Waals surface area contributed by atoms with E-state index in [4.69, 9.17) is 0 Å². The molecule has 0 radical (unpaired) electrons. The minimum Gasteiger partial charge on any atom is -0.305 e. The maximum atomic E-state index is 4.32. The predicted octanol–water partition coefficient (Wildman–Crippen LogP) is 2.79. The van der Waals surface area contributed by atoms with Crippen LogP contribution in [-0.2, 0) is 7.05 Å². The minimum atomic E-state index is 0.790. The zero-order valence-corrected chi connectivity index (χ0v) is 12.1. The van der Waals surface area contributed by atoms with E-state index in [1.807, 2.05) is 48.9 Å². The number of nitrogens with zero attached hydrogens (tertiary/aromatic N) is 5. The van der Waals surface area contributed by atoms with Gasteiger partial charge in [-0.25, -0.2) is 4.98 Å². The molecule has 5 nitrogen and oxygen atoms in total. The number of benzene rings is 1. The van der Waals surface area contributed by atoms with Crippen molar-refractivity contribution < 1.29 is 0 Å². The number of hydrogen-bond donors (Lipinski definition) is 0. The predicted molar refractivity (Wildman–Crippen MR) is 75.2 cm³/mol. The van der Waals surface area contributed by atoms with E-state index >= 15 is 0 Å². The average Bonchev–Trinajstić information content (AvgIpc) is 2.99. The fourth-order valence-corrected chi connectivity index (χ4v) is 3.19. The largest absolute Gasteiger partial charge is 0.305 e. The van der Waals surface area contributed by atoms with Crippen LogP contribution in [0.25, 0.3) is 11.4 Å². The molecule has 0 aliphatic carbocycles. The van der Waals surface area contributed by atoms with E-state index in [1.165, 1.54) is 23.3 Å². The first-order chi connectivity index (χ1) is 9.24. The molecule has 0 atom stereocenters. The van der Waals surface area contributed by atoms with Gasteiger partial charge in [0.25, 0.3) is 0 Å². The van der Waals surface area contributed by atoms with Crippen molar-refractivity contribution >= 4 is 23.3 Å². The first-order valence-corrected chi connectivity index (χ1v) is 7.26. The van der Waals surface area contributed by atoms with Crippen LogP contribution in [0.15, 0.2) is 39.8 Å². The molecule has 2 heterocycles. The molecule has 2 aromatic heterocycles. The van der Waals surface area contributed by atoms with Gasteiger partial charge in [-0.3, -0.25) is 0 Å². The van der Waals surface area contributed by atoms with Gasteiger partial charge in [-0.1, -0.05) is 30.3 Å². The van der Waals surface area contributed by atoms with Crippen molar-refractivity contribution in [2.24, 2.45) is 7.05 Å². The molecule has 7 heteroatoms. The second kappa shape index (κ2) is 5.10. The highest BCUT2D eigenvalue weighted by Crippen LogP contribution is 2.29. The highest BCUT2D eigenvalue weighted by Gasteiger charge is 2.13. The van der Waals surface area contributed by atoms with E-state index in [1.54, 1.807) is 0 Å². The third-order valence-corrected chi connectivity index (χ3v) is 4.44. The summed E-state index contributed by atoms with van der Waals surface area (Å²) in [6.07, 6.45) is 0. The first kappa shape index (κ1) is 12.3. The first-order valence-electron chi connectivity index (χ1n) is 5.67. The van der Waals surface area contributed by atoms with Crippen molar-refractivity contribution in [1.29, 1.82) is 0 Å². The Morgan fingerprint density at radius 2 is 1.95 bits per heavy atom. The summed E-state index contributed by atoms with van der Waals surface area (Å²) >= 11 is 2.86. The normalized spacial score (nSPS) is 10.8. The van der Waals surface area contributed by atoms with Gasteiger partial charge in [0.1, 0.15) is 5.82 Å². The van der Waals surface area contributed by atoms with Crippen LogP contribution in [0.1, 0.15) is 5.82 Å². The van der Waals surface area contributed by atoms with Crippen molar-refractivity contribution in [3.05, 3.63) is 36.2 Å². The Morgan fingerprint density at radius 1 is 1.16 bits per heavy atom. The molecule has 3 aromatic rings. The molecule has 3 rings (SSSR count). The molecule has 1 aromatic carbocycles. The summed E-state index contributed by atoms with van der Waals surface area (Å²) in [6, 6.07) is 10.0. The van der Waals surface area contributed by atoms with Crippen molar-refractivity contribution in [3.63, 3.8) is 0 Å². The maximum absolute atomic E-state index is 4.32. The fraction of sp³-hybridized carbons (Fsp3) is 0.167. The van der Waals surface area contributed by atoms with Gasteiger partial charge in [-0.05, 0) is 30.2 Å². The van der Waals surface area contributed by atoms with E-state index in [-0.39, 0.29) is 0 Å². The molecular formula is C12H11N5S2. The third kappa shape index (κ3) is 2.52. The van der Waals surface area contributed by atoms with Crippen molar-refractivity contribution in [2.75, 3.05) is 0 Å². The lowest BCUT2D eigenvalue weighted by Gasteiger charge is -2.01. The van der Waals surface area contributed by atoms with Gasteiger partial charge in [-0.2, -0.15) is 4.37 Å². The Balaban J connectivity index is 1.91. The van der Waals surface area contributed by atoms with Gasteiger partial charge in [0.2, 0.25) is 0 Å². The highest BCUT2D eigenvalue weighted by molar-refractivity contribution is 8.00. The standard InChI is InChI=1S/C12H11N5S2/c1-8-13-12(19-16-8)18-11-15-14-10(17(11)2)9-6-4-3-5-7-9/h3-7H,1-2H3. The molecule has 0 unspecified atom stereocenters. The van der Waals surface area contributed by atoms with Crippen LogP contribution in [0.3, 0.4) is 0 Å². The molecule has 0 fully saturated rings. The Hall–Kier alpha value is -1.73. The van der Waals surface area contributed by atoms with Crippen LogP contribution >= 0.6 is 23.3 Å². The molecule has 19 heavy (non-hydrogen) atoms. The zero-order valence-electron chi connectivity index (χ0n) is 10.4. The molecule has 0 aliphatic heterocycles. The Kier molecular flexibility index (Phi) is 3.31. The molecule has 0 N–H and O–H groups in total. The zero-order chi connectivity index (χ0) is 13.2. The van der Waals surface area contributed by atoms with Crippen LogP contribution in [0.5, 0.6) is 0 Å². The fourth-order valence-electron chi connectivity index (χ4n) is 1.64. The Bertz CT molecular complexity index is 689. The van der Waals surface area contributed by atoms with E-state index in [0.717, 1.165) is 26.7 Å². The van der Waals surface area contributed by atoms with Gasteiger partial charge in [0, 0.05) is 12.6 Å². The van der Waals surface area contributed by atoms with Gasteiger partial charge < -0.3 is 4.57 Å². The van der Waals surface area contributed by atoms with Crippen LogP contribution in [-0.4, -0.2) is 24.1 Å². The van der Waals surface area contributed by atoms with Crippen LogP contribution in [0, 0.1) is 6.92 Å². The summed E-state index contributed by atoms with van der Waals surface area (Å²) in [5, 5.41) is 9.26. The van der Waals surface area contributed by atoms with Gasteiger partial charge >= 0.3 is 0 Å². The van der Waals surface area contributed by atoms with Gasteiger partial charge in [0.05, 0.1) is 0 Å². The smallest absolute Gasteiger partial charge is 0.198 e. The Morgan fingerprint density at radius 3 is 2.63 bits per heavy atom. The summed E-state index contributed by atoms with van der Waals surface area (Å²) in [5.41, 5.74) is 1.05. The SMILES string of the molecule is Cc1nsc(Sc2nnc(-c3ccccc3)n2C)n1. The maximum Gasteiger partial charge on any atom is 0.198 e. The van der Waals surface area contributed by atoms with Crippen molar-refractivity contribution in [3.8, 4) is 11.4 Å². The summed E-state index contributed by atoms with van der Waals surface area (Å²) in [7, 11) is 1.96. The van der Waals surface area contributed by atoms with Gasteiger partial charge in [0.15, 0.2) is 15.3 Å². The summed E-state index contributed by atoms with van der Waals surface area (Å²) < 4.78 is 7.01. The molecule has 0 amide bonds. The molecule has 0 saturated heterocycles. The number of aryl methyl sites for hydroxylation is 1. The minimum absolute atomic E-state index is 0.790. The molecule has 0 aliphatic rings. The molecule has 0 bridgehead atoms. The van der Waals surface area contributed by atoms with Crippen LogP contribution in [0.2, 0.25) is 0 Å². The lowest BCUT2D eigenvalue weighted by Crippen LogP contribution is -1.94. The molecular weight excluding hydrogens is 278 g/mol. The van der Waals surface area contributed by atoms with Crippen LogP contribution in [0.4, 0.5) is 0 Å². The second-order valence-electron chi connectivity index (χ2n) is 3.94. The number of aromatic nitrogens is 5. The van der Waals surface area contributed by atoms with Crippen molar-refractivity contribution in [1.82, 2.24) is 24.1 Å². The average molecular weight is 289 g/mol. The van der Waals surface area contributed by atoms with E-state index in [9.17, 15) is 0 Å². The van der Waals surface area contributed by atoms with E-state index in [0.29, 0.717) is 0 Å². The van der Waals surface area contributed by atoms with Crippen LogP contribution < -0.4 is 0 Å². The molecule has 96 valence electrons. The lowest BCUT2D eigenvalue weighted by molar-refractivity contribution is 0.793. The number of hydrogen-bond acceptors (Lipinski definition) is 6. The topological polar surface area (TPSA) is 56.5 Å². The van der Waals surface area contributed by atoms with E-state index < -0.39 is 0 Å². The monoisotopic (exact) mass is 289 g/mol.